The molecule has 1 aromatic rings. The van der Waals surface area contributed by atoms with E-state index in [1.54, 1.807) is 0 Å². The van der Waals surface area contributed by atoms with Crippen molar-refractivity contribution >= 4 is 15.7 Å². The molecule has 15 heavy (non-hydrogen) atoms. The molecule has 0 amide bonds. The van der Waals surface area contributed by atoms with Gasteiger partial charge in [0, 0.05) is 0 Å². The summed E-state index contributed by atoms with van der Waals surface area (Å²) in [6, 6.07) is 5.98. The molecule has 0 unspecified atom stereocenters. The van der Waals surface area contributed by atoms with Crippen molar-refractivity contribution in [3.63, 3.8) is 0 Å². The van der Waals surface area contributed by atoms with Crippen LogP contribution in [0.5, 0.6) is 0 Å². The summed E-state index contributed by atoms with van der Waals surface area (Å²) in [5, 5.41) is 0. The number of benzene rings is 1. The Morgan fingerprint density at radius 3 is 2.93 bits per heavy atom. The first-order chi connectivity index (χ1) is 7.11. The van der Waals surface area contributed by atoms with E-state index in [4.69, 9.17) is 0 Å². The van der Waals surface area contributed by atoms with Gasteiger partial charge in [0.15, 0.2) is 0 Å². The van der Waals surface area contributed by atoms with Crippen molar-refractivity contribution in [3.8, 4) is 0 Å². The van der Waals surface area contributed by atoms with E-state index in [0.29, 0.717) is 6.42 Å². The maximum atomic E-state index is 11.3. The summed E-state index contributed by atoms with van der Waals surface area (Å²) in [7, 11) is -3.07. The summed E-state index contributed by atoms with van der Waals surface area (Å²) in [4.78, 5) is 0. The lowest BCUT2D eigenvalue weighted by atomic mass is 10.0. The van der Waals surface area contributed by atoms with Gasteiger partial charge in [0.1, 0.15) is 0 Å². The van der Waals surface area contributed by atoms with Crippen LogP contribution in [0.1, 0.15) is 24.5 Å². The van der Waals surface area contributed by atoms with Crippen LogP contribution < -0.4 is 4.72 Å². The van der Waals surface area contributed by atoms with Crippen molar-refractivity contribution in [1.82, 2.24) is 0 Å². The third-order valence-electron chi connectivity index (χ3n) is 2.61. The molecule has 0 saturated heterocycles. The molecule has 1 aliphatic rings. The van der Waals surface area contributed by atoms with Crippen LogP contribution in [0.15, 0.2) is 18.2 Å². The minimum absolute atomic E-state index is 0.204. The molecule has 0 radical (unpaired) electrons. The normalized spacial score (nSPS) is 17.9. The van der Waals surface area contributed by atoms with E-state index in [2.05, 4.69) is 17.7 Å². The third kappa shape index (κ3) is 2.31. The van der Waals surface area contributed by atoms with Crippen LogP contribution in [0.4, 0.5) is 5.69 Å². The van der Waals surface area contributed by atoms with E-state index >= 15 is 0 Å². The molecule has 4 heteroatoms. The predicted molar refractivity (Wildman–Crippen MR) is 61.6 cm³/mol. The summed E-state index contributed by atoms with van der Waals surface area (Å²) in [5.74, 6) is 0.204. The van der Waals surface area contributed by atoms with Gasteiger partial charge in [-0.2, -0.15) is 0 Å². The van der Waals surface area contributed by atoms with Gasteiger partial charge < -0.3 is 0 Å². The molecule has 0 saturated carbocycles. The standard InChI is InChI=1S/C11H15NO2S/c1-2-3-9-4-5-11-10(8-9)6-7-15(13,14)12-11/h4-5,8,12H,2-3,6-7H2,1H3. The Hall–Kier alpha value is -1.03. The Balaban J connectivity index is 2.32. The van der Waals surface area contributed by atoms with Gasteiger partial charge in [-0.1, -0.05) is 25.5 Å². The van der Waals surface area contributed by atoms with E-state index < -0.39 is 10.0 Å². The highest BCUT2D eigenvalue weighted by Gasteiger charge is 2.19. The van der Waals surface area contributed by atoms with Crippen LogP contribution in [0.2, 0.25) is 0 Å². The van der Waals surface area contributed by atoms with E-state index in [-0.39, 0.29) is 5.75 Å². The number of fused-ring (bicyclic) bond motifs is 1. The number of sulfonamides is 1. The molecular formula is C11H15NO2S. The Bertz CT molecular complexity index is 465. The Labute approximate surface area is 90.6 Å². The quantitative estimate of drug-likeness (QED) is 0.836. The fourth-order valence-corrected chi connectivity index (χ4v) is 2.99. The van der Waals surface area contributed by atoms with E-state index in [0.717, 1.165) is 24.1 Å². The number of anilines is 1. The zero-order valence-corrected chi connectivity index (χ0v) is 9.60. The number of hydrogen-bond donors (Lipinski definition) is 1. The third-order valence-corrected chi connectivity index (χ3v) is 3.89. The second kappa shape index (κ2) is 3.85. The van der Waals surface area contributed by atoms with Crippen LogP contribution in [-0.4, -0.2) is 14.2 Å². The molecule has 0 aromatic heterocycles. The maximum absolute atomic E-state index is 11.3. The second-order valence-electron chi connectivity index (χ2n) is 3.91. The lowest BCUT2D eigenvalue weighted by Gasteiger charge is -2.18. The van der Waals surface area contributed by atoms with Gasteiger partial charge in [0.05, 0.1) is 11.4 Å². The lowest BCUT2D eigenvalue weighted by Crippen LogP contribution is -2.24. The molecule has 1 heterocycles. The summed E-state index contributed by atoms with van der Waals surface area (Å²) in [6.45, 7) is 2.14. The molecular weight excluding hydrogens is 210 g/mol. The molecule has 0 aliphatic carbocycles. The van der Waals surface area contributed by atoms with Crippen molar-refractivity contribution in [1.29, 1.82) is 0 Å². The molecule has 82 valence electrons. The van der Waals surface area contributed by atoms with Crippen molar-refractivity contribution in [2.45, 2.75) is 26.2 Å². The molecule has 0 bridgehead atoms. The smallest absolute Gasteiger partial charge is 0.233 e. The topological polar surface area (TPSA) is 46.2 Å². The summed E-state index contributed by atoms with van der Waals surface area (Å²) in [6.07, 6.45) is 2.80. The fourth-order valence-electron chi connectivity index (χ4n) is 1.86. The molecule has 0 fully saturated rings. The van der Waals surface area contributed by atoms with Gasteiger partial charge >= 0.3 is 0 Å². The first-order valence-electron chi connectivity index (χ1n) is 5.23. The minimum atomic E-state index is -3.07. The van der Waals surface area contributed by atoms with Gasteiger partial charge in [-0.15, -0.1) is 0 Å². The Morgan fingerprint density at radius 2 is 2.20 bits per heavy atom. The largest absolute Gasteiger partial charge is 0.283 e. The van der Waals surface area contributed by atoms with Gasteiger partial charge in [0.2, 0.25) is 10.0 Å². The van der Waals surface area contributed by atoms with Crippen molar-refractivity contribution < 1.29 is 8.42 Å². The highest BCUT2D eigenvalue weighted by Crippen LogP contribution is 2.24. The van der Waals surface area contributed by atoms with E-state index in [1.807, 2.05) is 12.1 Å². The number of rotatable bonds is 2. The monoisotopic (exact) mass is 225 g/mol. The van der Waals surface area contributed by atoms with Gasteiger partial charge in [0.25, 0.3) is 0 Å². The van der Waals surface area contributed by atoms with Crippen LogP contribution in [0, 0.1) is 0 Å². The Morgan fingerprint density at radius 1 is 1.40 bits per heavy atom. The summed E-state index contributed by atoms with van der Waals surface area (Å²) in [5.41, 5.74) is 3.16. The summed E-state index contributed by atoms with van der Waals surface area (Å²) >= 11 is 0. The van der Waals surface area contributed by atoms with Crippen molar-refractivity contribution in [2.75, 3.05) is 10.5 Å². The molecule has 0 spiro atoms. The SMILES string of the molecule is CCCc1ccc2c(c1)CCS(=O)(=O)N2. The molecule has 1 aliphatic heterocycles. The van der Waals surface area contributed by atoms with Gasteiger partial charge in [-0.3, -0.25) is 4.72 Å². The maximum Gasteiger partial charge on any atom is 0.233 e. The van der Waals surface area contributed by atoms with Crippen LogP contribution in [0.3, 0.4) is 0 Å². The molecule has 3 nitrogen and oxygen atoms in total. The van der Waals surface area contributed by atoms with E-state index in [9.17, 15) is 8.42 Å². The van der Waals surface area contributed by atoms with Crippen LogP contribution in [0.25, 0.3) is 0 Å². The highest BCUT2D eigenvalue weighted by molar-refractivity contribution is 7.92. The van der Waals surface area contributed by atoms with E-state index in [1.165, 1.54) is 5.56 Å². The molecule has 1 N–H and O–H groups in total. The zero-order chi connectivity index (χ0) is 10.9. The minimum Gasteiger partial charge on any atom is -0.283 e. The zero-order valence-electron chi connectivity index (χ0n) is 8.79. The van der Waals surface area contributed by atoms with Crippen LogP contribution in [-0.2, 0) is 22.9 Å². The first kappa shape index (κ1) is 10.5. The first-order valence-corrected chi connectivity index (χ1v) is 6.88. The number of hydrogen-bond acceptors (Lipinski definition) is 2. The Kier molecular flexibility index (Phi) is 2.69. The average molecular weight is 225 g/mol. The number of aryl methyl sites for hydroxylation is 2. The molecule has 1 aromatic carbocycles. The van der Waals surface area contributed by atoms with Crippen molar-refractivity contribution in [3.05, 3.63) is 29.3 Å². The van der Waals surface area contributed by atoms with Crippen molar-refractivity contribution in [2.24, 2.45) is 0 Å². The molecule has 0 atom stereocenters. The highest BCUT2D eigenvalue weighted by atomic mass is 32.2. The average Bonchev–Trinajstić information content (AvgIpc) is 2.18. The summed E-state index contributed by atoms with van der Waals surface area (Å²) < 4.78 is 25.2. The van der Waals surface area contributed by atoms with Gasteiger partial charge in [-0.05, 0) is 30.0 Å². The lowest BCUT2D eigenvalue weighted by molar-refractivity contribution is 0.599. The number of nitrogens with one attached hydrogen (secondary N) is 1. The van der Waals surface area contributed by atoms with Gasteiger partial charge in [-0.25, -0.2) is 8.42 Å². The predicted octanol–water partition coefficient (Wildman–Crippen LogP) is 1.94. The van der Waals surface area contributed by atoms with Crippen LogP contribution >= 0.6 is 0 Å². The fraction of sp³-hybridized carbons (Fsp3) is 0.455. The second-order valence-corrected chi connectivity index (χ2v) is 5.75. The molecule has 2 rings (SSSR count).